The number of carbonyl (C=O) groups excluding carboxylic acids is 1. The van der Waals surface area contributed by atoms with E-state index in [0.29, 0.717) is 50.4 Å². The Morgan fingerprint density at radius 1 is 0.850 bits per heavy atom. The van der Waals surface area contributed by atoms with E-state index in [0.717, 1.165) is 28.4 Å². The molecule has 0 bridgehead atoms. The third-order valence-corrected chi connectivity index (χ3v) is 7.33. The van der Waals surface area contributed by atoms with E-state index in [1.807, 2.05) is 72.5 Å². The SMILES string of the molecule is CCOc1ccc(-n2nnc3c(N4CCN(C(=O)CC(c5ccccc5)c5ccccc5)CC4)ncnc32)cc1. The van der Waals surface area contributed by atoms with Crippen LogP contribution < -0.4 is 9.64 Å². The fraction of sp³-hybridized carbons (Fsp3) is 0.258. The minimum Gasteiger partial charge on any atom is -0.494 e. The summed E-state index contributed by atoms with van der Waals surface area (Å²) in [6, 6.07) is 28.2. The van der Waals surface area contributed by atoms with Crippen molar-refractivity contribution in [1.29, 1.82) is 0 Å². The van der Waals surface area contributed by atoms with E-state index in [-0.39, 0.29) is 11.8 Å². The smallest absolute Gasteiger partial charge is 0.223 e. The summed E-state index contributed by atoms with van der Waals surface area (Å²) in [5.41, 5.74) is 4.43. The molecule has 6 rings (SSSR count). The maximum atomic E-state index is 13.5. The first-order valence-electron chi connectivity index (χ1n) is 13.6. The topological polar surface area (TPSA) is 89.3 Å². The number of aromatic nitrogens is 5. The van der Waals surface area contributed by atoms with Gasteiger partial charge in [-0.25, -0.2) is 9.97 Å². The molecule has 0 saturated carbocycles. The quantitative estimate of drug-likeness (QED) is 0.291. The van der Waals surface area contributed by atoms with Crippen molar-refractivity contribution in [2.75, 3.05) is 37.7 Å². The molecule has 0 unspecified atom stereocenters. The Kier molecular flexibility index (Phi) is 7.34. The number of nitrogens with zero attached hydrogens (tertiary/aromatic N) is 7. The summed E-state index contributed by atoms with van der Waals surface area (Å²) in [7, 11) is 0. The van der Waals surface area contributed by atoms with Crippen molar-refractivity contribution in [2.24, 2.45) is 0 Å². The van der Waals surface area contributed by atoms with E-state index in [1.165, 1.54) is 0 Å². The van der Waals surface area contributed by atoms with Gasteiger partial charge in [0.25, 0.3) is 0 Å². The number of amides is 1. The highest BCUT2D eigenvalue weighted by Gasteiger charge is 2.27. The van der Waals surface area contributed by atoms with Crippen LogP contribution in [0.4, 0.5) is 5.82 Å². The number of ether oxygens (including phenoxy) is 1. The van der Waals surface area contributed by atoms with E-state index in [9.17, 15) is 4.79 Å². The fourth-order valence-electron chi connectivity index (χ4n) is 5.26. The molecule has 0 N–H and O–H groups in total. The predicted molar refractivity (Wildman–Crippen MR) is 154 cm³/mol. The number of hydrogen-bond donors (Lipinski definition) is 0. The van der Waals surface area contributed by atoms with Crippen LogP contribution in [0.1, 0.15) is 30.4 Å². The summed E-state index contributed by atoms with van der Waals surface area (Å²) in [4.78, 5) is 26.6. The molecule has 9 heteroatoms. The van der Waals surface area contributed by atoms with Crippen LogP contribution in [0.2, 0.25) is 0 Å². The Hall–Kier alpha value is -4.79. The first-order valence-corrected chi connectivity index (χ1v) is 13.6. The van der Waals surface area contributed by atoms with Gasteiger partial charge in [-0.15, -0.1) is 5.10 Å². The van der Waals surface area contributed by atoms with Crippen LogP contribution >= 0.6 is 0 Å². The van der Waals surface area contributed by atoms with Crippen molar-refractivity contribution < 1.29 is 9.53 Å². The number of anilines is 1. The van der Waals surface area contributed by atoms with Crippen molar-refractivity contribution in [2.45, 2.75) is 19.3 Å². The zero-order chi connectivity index (χ0) is 27.3. The minimum absolute atomic E-state index is 0.0204. The molecule has 0 radical (unpaired) electrons. The van der Waals surface area contributed by atoms with E-state index < -0.39 is 0 Å². The number of fused-ring (bicyclic) bond motifs is 1. The molecular formula is C31H31N7O2. The fourth-order valence-corrected chi connectivity index (χ4v) is 5.26. The van der Waals surface area contributed by atoms with Gasteiger partial charge >= 0.3 is 0 Å². The first kappa shape index (κ1) is 25.5. The third kappa shape index (κ3) is 5.22. The molecule has 0 spiro atoms. The molecule has 0 aliphatic carbocycles. The summed E-state index contributed by atoms with van der Waals surface area (Å²) in [6.07, 6.45) is 1.98. The Labute approximate surface area is 233 Å². The number of hydrogen-bond acceptors (Lipinski definition) is 7. The molecule has 1 saturated heterocycles. The van der Waals surface area contributed by atoms with Crippen molar-refractivity contribution in [3.63, 3.8) is 0 Å². The van der Waals surface area contributed by atoms with Gasteiger partial charge in [-0.3, -0.25) is 4.79 Å². The lowest BCUT2D eigenvalue weighted by Gasteiger charge is -2.36. The monoisotopic (exact) mass is 533 g/mol. The summed E-state index contributed by atoms with van der Waals surface area (Å²) in [5, 5.41) is 8.79. The molecule has 0 atom stereocenters. The summed E-state index contributed by atoms with van der Waals surface area (Å²) in [6.45, 7) is 5.13. The van der Waals surface area contributed by atoms with Gasteiger partial charge in [0, 0.05) is 38.5 Å². The van der Waals surface area contributed by atoms with Crippen molar-refractivity contribution in [1.82, 2.24) is 29.9 Å². The van der Waals surface area contributed by atoms with Crippen LogP contribution in [0.15, 0.2) is 91.3 Å². The largest absolute Gasteiger partial charge is 0.494 e. The van der Waals surface area contributed by atoms with Gasteiger partial charge in [-0.2, -0.15) is 4.68 Å². The molecule has 3 aromatic carbocycles. The van der Waals surface area contributed by atoms with Crippen LogP contribution in [0.25, 0.3) is 16.9 Å². The van der Waals surface area contributed by atoms with E-state index in [4.69, 9.17) is 4.74 Å². The molecule has 40 heavy (non-hydrogen) atoms. The molecule has 1 fully saturated rings. The highest BCUT2D eigenvalue weighted by molar-refractivity contribution is 5.84. The molecule has 2 aromatic heterocycles. The van der Waals surface area contributed by atoms with Gasteiger partial charge in [0.1, 0.15) is 12.1 Å². The predicted octanol–water partition coefficient (Wildman–Crippen LogP) is 4.48. The van der Waals surface area contributed by atoms with Gasteiger partial charge in [0.2, 0.25) is 5.91 Å². The molecular weight excluding hydrogens is 502 g/mol. The maximum Gasteiger partial charge on any atom is 0.223 e. The molecule has 3 heterocycles. The molecule has 1 aliphatic heterocycles. The maximum absolute atomic E-state index is 13.5. The van der Waals surface area contributed by atoms with E-state index >= 15 is 0 Å². The molecule has 1 amide bonds. The second-order valence-electron chi connectivity index (χ2n) is 9.74. The number of piperazine rings is 1. The lowest BCUT2D eigenvalue weighted by atomic mass is 9.88. The zero-order valence-electron chi connectivity index (χ0n) is 22.4. The van der Waals surface area contributed by atoms with Crippen LogP contribution in [0.5, 0.6) is 5.75 Å². The minimum atomic E-state index is 0.0204. The summed E-state index contributed by atoms with van der Waals surface area (Å²) in [5.74, 6) is 1.72. The second-order valence-corrected chi connectivity index (χ2v) is 9.74. The first-order chi connectivity index (χ1) is 19.7. The van der Waals surface area contributed by atoms with E-state index in [1.54, 1.807) is 11.0 Å². The van der Waals surface area contributed by atoms with E-state index in [2.05, 4.69) is 49.4 Å². The van der Waals surface area contributed by atoms with Crippen LogP contribution in [-0.2, 0) is 4.79 Å². The Morgan fingerprint density at radius 3 is 2.12 bits per heavy atom. The van der Waals surface area contributed by atoms with Crippen LogP contribution in [-0.4, -0.2) is 68.6 Å². The van der Waals surface area contributed by atoms with Crippen molar-refractivity contribution in [3.8, 4) is 11.4 Å². The lowest BCUT2D eigenvalue weighted by molar-refractivity contribution is -0.131. The Balaban J connectivity index is 1.16. The highest BCUT2D eigenvalue weighted by atomic mass is 16.5. The second kappa shape index (κ2) is 11.5. The summed E-state index contributed by atoms with van der Waals surface area (Å²) >= 11 is 0. The lowest BCUT2D eigenvalue weighted by Crippen LogP contribution is -2.49. The van der Waals surface area contributed by atoms with Gasteiger partial charge in [0.15, 0.2) is 17.0 Å². The van der Waals surface area contributed by atoms with Gasteiger partial charge in [-0.05, 0) is 42.3 Å². The molecule has 5 aromatic rings. The van der Waals surface area contributed by atoms with Crippen LogP contribution in [0.3, 0.4) is 0 Å². The zero-order valence-corrected chi connectivity index (χ0v) is 22.4. The van der Waals surface area contributed by atoms with Crippen molar-refractivity contribution in [3.05, 3.63) is 102 Å². The standard InChI is InChI=1S/C31H31N7O2/c1-2-40-26-15-13-25(14-16-26)38-31-29(34-35-38)30(32-22-33-31)37-19-17-36(18-20-37)28(39)21-27(23-9-5-3-6-10-23)24-11-7-4-8-12-24/h3-16,22,27H,2,17-21H2,1H3. The Morgan fingerprint density at radius 2 is 1.50 bits per heavy atom. The number of benzene rings is 3. The third-order valence-electron chi connectivity index (χ3n) is 7.33. The van der Waals surface area contributed by atoms with Gasteiger partial charge in [0.05, 0.1) is 12.3 Å². The number of carbonyl (C=O) groups is 1. The average molecular weight is 534 g/mol. The number of rotatable bonds is 8. The normalized spacial score (nSPS) is 13.7. The molecule has 9 nitrogen and oxygen atoms in total. The van der Waals surface area contributed by atoms with Crippen molar-refractivity contribution >= 4 is 22.9 Å². The molecule has 1 aliphatic rings. The highest BCUT2D eigenvalue weighted by Crippen LogP contribution is 2.29. The van der Waals surface area contributed by atoms with Crippen LogP contribution in [0, 0.1) is 0 Å². The van der Waals surface area contributed by atoms with Gasteiger partial charge in [-0.1, -0.05) is 65.9 Å². The van der Waals surface area contributed by atoms with Gasteiger partial charge < -0.3 is 14.5 Å². The summed E-state index contributed by atoms with van der Waals surface area (Å²) < 4.78 is 7.26. The average Bonchev–Trinajstić information content (AvgIpc) is 3.46. The Bertz CT molecular complexity index is 1520. The molecule has 202 valence electrons.